The molecule has 0 radical (unpaired) electrons. The Morgan fingerprint density at radius 1 is 1.30 bits per heavy atom. The maximum Gasteiger partial charge on any atom is 0.0968 e. The fraction of sp³-hybridized carbons (Fsp3) is 0.750. The van der Waals surface area contributed by atoms with Gasteiger partial charge in [-0.3, -0.25) is 0 Å². The summed E-state index contributed by atoms with van der Waals surface area (Å²) in [5.41, 5.74) is 1.59. The Balaban J connectivity index is 2.14. The van der Waals surface area contributed by atoms with Crippen LogP contribution in [0.2, 0.25) is 0 Å². The molecule has 2 rings (SSSR count). The average Bonchev–Trinajstić information content (AvgIpc) is 2.05. The van der Waals surface area contributed by atoms with E-state index in [1.54, 1.807) is 5.57 Å². The van der Waals surface area contributed by atoms with E-state index in [0.717, 1.165) is 6.61 Å². The van der Waals surface area contributed by atoms with Crippen LogP contribution >= 0.6 is 11.8 Å². The Morgan fingerprint density at radius 2 is 2.30 bits per heavy atom. The number of allylic oxidation sites excluding steroid dienone is 1. The maximum atomic E-state index is 5.55. The SMILES string of the molecule is C1COC2=C(C1)CSCC2. The minimum atomic E-state index is 0.962. The van der Waals surface area contributed by atoms with Crippen LogP contribution in [0.5, 0.6) is 0 Å². The summed E-state index contributed by atoms with van der Waals surface area (Å²) < 4.78 is 5.55. The molecule has 0 bridgehead atoms. The van der Waals surface area contributed by atoms with E-state index in [4.69, 9.17) is 4.74 Å². The minimum absolute atomic E-state index is 0.962. The molecule has 0 aliphatic carbocycles. The van der Waals surface area contributed by atoms with Gasteiger partial charge in [-0.2, -0.15) is 11.8 Å². The summed E-state index contributed by atoms with van der Waals surface area (Å²) in [5, 5.41) is 0. The summed E-state index contributed by atoms with van der Waals surface area (Å²) >= 11 is 2.04. The zero-order valence-corrected chi connectivity index (χ0v) is 6.88. The van der Waals surface area contributed by atoms with Gasteiger partial charge in [0.25, 0.3) is 0 Å². The standard InChI is InChI=1S/C8H12OS/c1-2-7-6-10-5-3-8(7)9-4-1/h1-6H2. The first-order chi connectivity index (χ1) is 4.97. The Morgan fingerprint density at radius 3 is 3.20 bits per heavy atom. The van der Waals surface area contributed by atoms with Gasteiger partial charge in [0.2, 0.25) is 0 Å². The molecule has 0 spiro atoms. The summed E-state index contributed by atoms with van der Waals surface area (Å²) in [5.74, 6) is 3.82. The molecule has 0 fully saturated rings. The number of thioether (sulfide) groups is 1. The van der Waals surface area contributed by atoms with Crippen LogP contribution in [-0.2, 0) is 4.74 Å². The lowest BCUT2D eigenvalue weighted by Gasteiger charge is -2.24. The molecule has 0 atom stereocenters. The lowest BCUT2D eigenvalue weighted by atomic mass is 10.1. The molecule has 0 aromatic carbocycles. The topological polar surface area (TPSA) is 9.23 Å². The first kappa shape index (κ1) is 6.59. The third kappa shape index (κ3) is 1.17. The van der Waals surface area contributed by atoms with E-state index in [1.807, 2.05) is 11.8 Å². The van der Waals surface area contributed by atoms with Crippen molar-refractivity contribution < 1.29 is 4.74 Å². The third-order valence-corrected chi connectivity index (χ3v) is 3.09. The van der Waals surface area contributed by atoms with Gasteiger partial charge in [0.05, 0.1) is 12.4 Å². The molecule has 0 amide bonds. The zero-order chi connectivity index (χ0) is 6.81. The van der Waals surface area contributed by atoms with Crippen LogP contribution < -0.4 is 0 Å². The Kier molecular flexibility index (Phi) is 1.89. The highest BCUT2D eigenvalue weighted by molar-refractivity contribution is 7.99. The summed E-state index contributed by atoms with van der Waals surface area (Å²) in [6.45, 7) is 0.962. The van der Waals surface area contributed by atoms with Gasteiger partial charge in [0.15, 0.2) is 0 Å². The highest BCUT2D eigenvalue weighted by Gasteiger charge is 2.17. The summed E-state index contributed by atoms with van der Waals surface area (Å²) in [4.78, 5) is 0. The van der Waals surface area contributed by atoms with Crippen LogP contribution in [0, 0.1) is 0 Å². The van der Waals surface area contributed by atoms with Gasteiger partial charge >= 0.3 is 0 Å². The smallest absolute Gasteiger partial charge is 0.0968 e. The first-order valence-corrected chi connectivity index (χ1v) is 5.04. The highest BCUT2D eigenvalue weighted by Crippen LogP contribution is 2.30. The van der Waals surface area contributed by atoms with Crippen molar-refractivity contribution in [3.05, 3.63) is 11.3 Å². The molecular weight excluding hydrogens is 144 g/mol. The van der Waals surface area contributed by atoms with Crippen LogP contribution in [0.15, 0.2) is 11.3 Å². The Hall–Kier alpha value is -0.110. The fourth-order valence-electron chi connectivity index (χ4n) is 1.48. The fourth-order valence-corrected chi connectivity index (χ4v) is 2.51. The van der Waals surface area contributed by atoms with E-state index < -0.39 is 0 Å². The summed E-state index contributed by atoms with van der Waals surface area (Å²) in [6.07, 6.45) is 3.71. The number of hydrogen-bond donors (Lipinski definition) is 0. The van der Waals surface area contributed by atoms with Crippen molar-refractivity contribution in [2.75, 3.05) is 18.1 Å². The Labute approximate surface area is 65.8 Å². The molecule has 2 heterocycles. The normalized spacial score (nSPS) is 25.6. The second-order valence-corrected chi connectivity index (χ2v) is 3.89. The maximum absolute atomic E-state index is 5.55. The van der Waals surface area contributed by atoms with Crippen molar-refractivity contribution in [1.29, 1.82) is 0 Å². The second kappa shape index (κ2) is 2.87. The van der Waals surface area contributed by atoms with E-state index in [2.05, 4.69) is 0 Å². The minimum Gasteiger partial charge on any atom is -0.498 e. The van der Waals surface area contributed by atoms with Crippen molar-refractivity contribution in [2.24, 2.45) is 0 Å². The number of hydrogen-bond acceptors (Lipinski definition) is 2. The quantitative estimate of drug-likeness (QED) is 0.531. The molecular formula is C8H12OS. The van der Waals surface area contributed by atoms with Crippen molar-refractivity contribution in [2.45, 2.75) is 19.3 Å². The van der Waals surface area contributed by atoms with Crippen LogP contribution in [-0.4, -0.2) is 18.1 Å². The van der Waals surface area contributed by atoms with Gasteiger partial charge in [0.1, 0.15) is 0 Å². The van der Waals surface area contributed by atoms with Gasteiger partial charge in [0, 0.05) is 17.9 Å². The molecule has 0 aromatic rings. The van der Waals surface area contributed by atoms with Gasteiger partial charge in [-0.1, -0.05) is 0 Å². The molecule has 2 aliphatic heterocycles. The van der Waals surface area contributed by atoms with Crippen LogP contribution in [0.1, 0.15) is 19.3 Å². The molecule has 0 saturated carbocycles. The Bertz CT molecular complexity index is 129. The van der Waals surface area contributed by atoms with E-state index >= 15 is 0 Å². The van der Waals surface area contributed by atoms with Crippen LogP contribution in [0.4, 0.5) is 0 Å². The molecule has 2 heteroatoms. The third-order valence-electron chi connectivity index (χ3n) is 2.04. The number of ether oxygens (including phenoxy) is 1. The molecule has 0 N–H and O–H groups in total. The van der Waals surface area contributed by atoms with Crippen molar-refractivity contribution in [3.8, 4) is 0 Å². The van der Waals surface area contributed by atoms with Crippen LogP contribution in [0.25, 0.3) is 0 Å². The van der Waals surface area contributed by atoms with E-state index in [9.17, 15) is 0 Å². The largest absolute Gasteiger partial charge is 0.498 e. The zero-order valence-electron chi connectivity index (χ0n) is 6.06. The highest BCUT2D eigenvalue weighted by atomic mass is 32.2. The van der Waals surface area contributed by atoms with Crippen molar-refractivity contribution >= 4 is 11.8 Å². The first-order valence-electron chi connectivity index (χ1n) is 3.88. The van der Waals surface area contributed by atoms with Crippen molar-refractivity contribution in [3.63, 3.8) is 0 Å². The summed E-state index contributed by atoms with van der Waals surface area (Å²) in [6, 6.07) is 0. The predicted molar refractivity (Wildman–Crippen MR) is 44.2 cm³/mol. The number of rotatable bonds is 0. The average molecular weight is 156 g/mol. The second-order valence-electron chi connectivity index (χ2n) is 2.78. The van der Waals surface area contributed by atoms with Crippen LogP contribution in [0.3, 0.4) is 0 Å². The van der Waals surface area contributed by atoms with Crippen molar-refractivity contribution in [1.82, 2.24) is 0 Å². The molecule has 0 saturated heterocycles. The van der Waals surface area contributed by atoms with E-state index in [1.165, 1.54) is 36.5 Å². The monoisotopic (exact) mass is 156 g/mol. The van der Waals surface area contributed by atoms with Gasteiger partial charge in [-0.15, -0.1) is 0 Å². The molecule has 56 valence electrons. The molecule has 2 aliphatic rings. The van der Waals surface area contributed by atoms with Gasteiger partial charge in [-0.25, -0.2) is 0 Å². The lowest BCUT2D eigenvalue weighted by Crippen LogP contribution is -2.12. The predicted octanol–water partition coefficient (Wildman–Crippen LogP) is 2.19. The van der Waals surface area contributed by atoms with Gasteiger partial charge < -0.3 is 4.74 Å². The molecule has 1 nitrogen and oxygen atoms in total. The molecule has 0 unspecified atom stereocenters. The van der Waals surface area contributed by atoms with Gasteiger partial charge in [-0.05, 0) is 18.4 Å². The van der Waals surface area contributed by atoms with E-state index in [-0.39, 0.29) is 0 Å². The molecule has 10 heavy (non-hydrogen) atoms. The summed E-state index contributed by atoms with van der Waals surface area (Å²) in [7, 11) is 0. The lowest BCUT2D eigenvalue weighted by molar-refractivity contribution is 0.180. The molecule has 0 aromatic heterocycles. The van der Waals surface area contributed by atoms with E-state index in [0.29, 0.717) is 0 Å².